The Bertz CT molecular complexity index is 616. The number of ether oxygens (including phenoxy) is 1. The molecule has 0 bridgehead atoms. The van der Waals surface area contributed by atoms with E-state index in [1.54, 1.807) is 0 Å². The molecule has 0 N–H and O–H groups in total. The molecule has 0 radical (unpaired) electrons. The molecule has 1 saturated heterocycles. The van der Waals surface area contributed by atoms with Crippen LogP contribution in [-0.4, -0.2) is 42.3 Å². The Hall–Kier alpha value is -2.14. The number of morpholine rings is 1. The molecule has 0 saturated carbocycles. The number of rotatable bonds is 3. The number of hydrogen-bond acceptors (Lipinski definition) is 4. The summed E-state index contributed by atoms with van der Waals surface area (Å²) in [6.07, 6.45) is 0.644. The Labute approximate surface area is 123 Å². The topological polar surface area (TPSA) is 55.6 Å². The molecule has 1 aromatic carbocycles. The average Bonchev–Trinajstić information content (AvgIpc) is 2.99. The summed E-state index contributed by atoms with van der Waals surface area (Å²) in [6.45, 7) is 4.35. The summed E-state index contributed by atoms with van der Waals surface area (Å²) in [6, 6.07) is 9.67. The van der Waals surface area contributed by atoms with E-state index in [1.807, 2.05) is 42.2 Å². The highest BCUT2D eigenvalue weighted by atomic mass is 16.5. The first kappa shape index (κ1) is 13.8. The molecule has 5 nitrogen and oxygen atoms in total. The van der Waals surface area contributed by atoms with Crippen molar-refractivity contribution >= 4 is 5.91 Å². The zero-order valence-electron chi connectivity index (χ0n) is 12.0. The van der Waals surface area contributed by atoms with Crippen LogP contribution in [0.25, 0.3) is 11.3 Å². The number of benzene rings is 1. The van der Waals surface area contributed by atoms with E-state index in [9.17, 15) is 4.79 Å². The normalized spacial score (nSPS) is 15.2. The number of carbonyl (C=O) groups is 1. The standard InChI is InChI=1S/C16H18N2O3/c1-2-13-14(16(19)18-8-10-20-11-9-18)15(17-21-13)12-6-4-3-5-7-12/h3-7H,2,8-11H2,1H3. The molecule has 5 heteroatoms. The van der Waals surface area contributed by atoms with Gasteiger partial charge in [-0.15, -0.1) is 0 Å². The van der Waals surface area contributed by atoms with Gasteiger partial charge in [-0.1, -0.05) is 42.4 Å². The Morgan fingerprint density at radius 1 is 1.24 bits per heavy atom. The van der Waals surface area contributed by atoms with Crippen molar-refractivity contribution in [1.82, 2.24) is 10.1 Å². The van der Waals surface area contributed by atoms with Crippen LogP contribution in [0.15, 0.2) is 34.9 Å². The molecule has 0 atom stereocenters. The number of aryl methyl sites for hydroxylation is 1. The Balaban J connectivity index is 1.99. The van der Waals surface area contributed by atoms with Gasteiger partial charge >= 0.3 is 0 Å². The van der Waals surface area contributed by atoms with E-state index in [0.717, 1.165) is 5.56 Å². The highest BCUT2D eigenvalue weighted by Gasteiger charge is 2.27. The molecule has 0 spiro atoms. The van der Waals surface area contributed by atoms with Crippen molar-refractivity contribution < 1.29 is 14.1 Å². The molecule has 1 amide bonds. The van der Waals surface area contributed by atoms with Crippen molar-refractivity contribution in [3.8, 4) is 11.3 Å². The maximum Gasteiger partial charge on any atom is 0.259 e. The average molecular weight is 286 g/mol. The van der Waals surface area contributed by atoms with Crippen molar-refractivity contribution in [3.05, 3.63) is 41.7 Å². The number of aromatic nitrogens is 1. The zero-order chi connectivity index (χ0) is 14.7. The Morgan fingerprint density at radius 2 is 1.95 bits per heavy atom. The van der Waals surface area contributed by atoms with E-state index in [2.05, 4.69) is 5.16 Å². The van der Waals surface area contributed by atoms with Crippen LogP contribution in [0, 0.1) is 0 Å². The fourth-order valence-electron chi connectivity index (χ4n) is 2.50. The van der Waals surface area contributed by atoms with E-state index >= 15 is 0 Å². The molecule has 1 aromatic heterocycles. The van der Waals surface area contributed by atoms with Crippen LogP contribution in [0.3, 0.4) is 0 Å². The molecule has 21 heavy (non-hydrogen) atoms. The number of amides is 1. The second kappa shape index (κ2) is 6.10. The Kier molecular flexibility index (Phi) is 4.01. The summed E-state index contributed by atoms with van der Waals surface area (Å²) in [5.74, 6) is 0.626. The number of carbonyl (C=O) groups excluding carboxylic acids is 1. The molecule has 1 fully saturated rings. The minimum absolute atomic E-state index is 0.0183. The van der Waals surface area contributed by atoms with Gasteiger partial charge in [-0.3, -0.25) is 4.79 Å². The minimum atomic E-state index is -0.0183. The van der Waals surface area contributed by atoms with Gasteiger partial charge in [-0.2, -0.15) is 0 Å². The molecule has 2 aromatic rings. The Morgan fingerprint density at radius 3 is 2.62 bits per heavy atom. The van der Waals surface area contributed by atoms with Gasteiger partial charge in [-0.05, 0) is 0 Å². The lowest BCUT2D eigenvalue weighted by molar-refractivity contribution is 0.0302. The number of hydrogen-bond donors (Lipinski definition) is 0. The van der Waals surface area contributed by atoms with Crippen molar-refractivity contribution in [2.75, 3.05) is 26.3 Å². The lowest BCUT2D eigenvalue weighted by Crippen LogP contribution is -2.41. The van der Waals surface area contributed by atoms with Crippen LogP contribution in [-0.2, 0) is 11.2 Å². The van der Waals surface area contributed by atoms with Gasteiger partial charge in [0.05, 0.1) is 13.2 Å². The second-order valence-corrected chi connectivity index (χ2v) is 4.95. The fraction of sp³-hybridized carbons (Fsp3) is 0.375. The van der Waals surface area contributed by atoms with Crippen molar-refractivity contribution in [1.29, 1.82) is 0 Å². The first-order chi connectivity index (χ1) is 10.3. The summed E-state index contributed by atoms with van der Waals surface area (Å²) >= 11 is 0. The zero-order valence-corrected chi connectivity index (χ0v) is 12.0. The third kappa shape index (κ3) is 2.69. The van der Waals surface area contributed by atoms with Crippen LogP contribution in [0.1, 0.15) is 23.0 Å². The smallest absolute Gasteiger partial charge is 0.259 e. The molecule has 1 aliphatic heterocycles. The first-order valence-corrected chi connectivity index (χ1v) is 7.22. The second-order valence-electron chi connectivity index (χ2n) is 4.95. The van der Waals surface area contributed by atoms with Crippen LogP contribution in [0.4, 0.5) is 0 Å². The molecule has 1 aliphatic rings. The third-order valence-electron chi connectivity index (χ3n) is 3.64. The lowest BCUT2D eigenvalue weighted by Gasteiger charge is -2.26. The number of nitrogens with zero attached hydrogens (tertiary/aromatic N) is 2. The summed E-state index contributed by atoms with van der Waals surface area (Å²) < 4.78 is 10.7. The quantitative estimate of drug-likeness (QED) is 0.869. The largest absolute Gasteiger partial charge is 0.378 e. The molecular weight excluding hydrogens is 268 g/mol. The predicted octanol–water partition coefficient (Wildman–Crippen LogP) is 2.38. The lowest BCUT2D eigenvalue weighted by atomic mass is 10.0. The highest BCUT2D eigenvalue weighted by Crippen LogP contribution is 2.27. The van der Waals surface area contributed by atoms with Crippen LogP contribution in [0.2, 0.25) is 0 Å². The van der Waals surface area contributed by atoms with Gasteiger partial charge in [0.25, 0.3) is 5.91 Å². The van der Waals surface area contributed by atoms with Crippen molar-refractivity contribution in [3.63, 3.8) is 0 Å². The molecule has 3 rings (SSSR count). The monoisotopic (exact) mass is 286 g/mol. The van der Waals surface area contributed by atoms with Crippen molar-refractivity contribution in [2.45, 2.75) is 13.3 Å². The van der Waals surface area contributed by atoms with Gasteiger partial charge < -0.3 is 14.2 Å². The first-order valence-electron chi connectivity index (χ1n) is 7.22. The van der Waals surface area contributed by atoms with Gasteiger partial charge in [0.2, 0.25) is 0 Å². The van der Waals surface area contributed by atoms with Gasteiger partial charge in [0.15, 0.2) is 0 Å². The molecule has 0 aliphatic carbocycles. The minimum Gasteiger partial charge on any atom is -0.378 e. The molecular formula is C16H18N2O3. The van der Waals surface area contributed by atoms with Gasteiger partial charge in [-0.25, -0.2) is 0 Å². The van der Waals surface area contributed by atoms with E-state index in [1.165, 1.54) is 0 Å². The van der Waals surface area contributed by atoms with Gasteiger partial charge in [0, 0.05) is 25.1 Å². The SMILES string of the molecule is CCc1onc(-c2ccccc2)c1C(=O)N1CCOCC1. The summed E-state index contributed by atoms with van der Waals surface area (Å²) in [5.41, 5.74) is 2.12. The third-order valence-corrected chi connectivity index (χ3v) is 3.64. The van der Waals surface area contributed by atoms with E-state index in [0.29, 0.717) is 49.7 Å². The van der Waals surface area contributed by atoms with Crippen LogP contribution >= 0.6 is 0 Å². The summed E-state index contributed by atoms with van der Waals surface area (Å²) in [7, 11) is 0. The maximum atomic E-state index is 12.8. The molecule has 0 unspecified atom stereocenters. The van der Waals surface area contributed by atoms with E-state index in [4.69, 9.17) is 9.26 Å². The predicted molar refractivity (Wildman–Crippen MR) is 78.0 cm³/mol. The van der Waals surface area contributed by atoms with Crippen LogP contribution in [0.5, 0.6) is 0 Å². The van der Waals surface area contributed by atoms with Gasteiger partial charge in [0.1, 0.15) is 17.0 Å². The maximum absolute atomic E-state index is 12.8. The fourth-order valence-corrected chi connectivity index (χ4v) is 2.50. The van der Waals surface area contributed by atoms with Crippen LogP contribution < -0.4 is 0 Å². The van der Waals surface area contributed by atoms with E-state index in [-0.39, 0.29) is 5.91 Å². The molecule has 110 valence electrons. The molecule has 2 heterocycles. The van der Waals surface area contributed by atoms with Crippen molar-refractivity contribution in [2.24, 2.45) is 0 Å². The highest BCUT2D eigenvalue weighted by molar-refractivity contribution is 6.00. The van der Waals surface area contributed by atoms with E-state index < -0.39 is 0 Å². The summed E-state index contributed by atoms with van der Waals surface area (Å²) in [5, 5.41) is 4.12. The summed E-state index contributed by atoms with van der Waals surface area (Å²) in [4.78, 5) is 14.6.